The zero-order valence-corrected chi connectivity index (χ0v) is 12.4. The molecule has 1 heterocycles. The monoisotopic (exact) mass is 272 g/mol. The van der Waals surface area contributed by atoms with Crippen LogP contribution in [0.4, 0.5) is 0 Å². The third kappa shape index (κ3) is 8.37. The highest BCUT2D eigenvalue weighted by atomic mass is 16.7. The molecule has 1 aliphatic rings. The fraction of sp³-hybridized carbons (Fsp3) is 0.769. The normalized spacial score (nSPS) is 16.3. The van der Waals surface area contributed by atoms with E-state index in [2.05, 4.69) is 4.74 Å². The number of ether oxygens (including phenoxy) is 1. The first-order chi connectivity index (χ1) is 8.84. The Kier molecular flexibility index (Phi) is 8.07. The van der Waals surface area contributed by atoms with Gasteiger partial charge in [-0.05, 0) is 27.7 Å². The average molecular weight is 272 g/mol. The van der Waals surface area contributed by atoms with Gasteiger partial charge in [0.05, 0.1) is 13.2 Å². The van der Waals surface area contributed by atoms with E-state index >= 15 is 0 Å². The lowest BCUT2D eigenvalue weighted by molar-refractivity contribution is -0.161. The van der Waals surface area contributed by atoms with Crippen molar-refractivity contribution < 1.29 is 19.2 Å². The molecule has 19 heavy (non-hydrogen) atoms. The van der Waals surface area contributed by atoms with E-state index in [1.165, 1.54) is 0 Å². The minimum Gasteiger partial charge on any atom is -0.462 e. The fourth-order valence-corrected chi connectivity index (χ4v) is 1.31. The van der Waals surface area contributed by atoms with E-state index in [4.69, 9.17) is 4.84 Å². The van der Waals surface area contributed by atoms with Crippen molar-refractivity contribution in [1.82, 2.24) is 9.96 Å². The molecule has 0 spiro atoms. The first kappa shape index (κ1) is 17.6. The van der Waals surface area contributed by atoms with Crippen LogP contribution < -0.4 is 0 Å². The van der Waals surface area contributed by atoms with Gasteiger partial charge in [0.25, 0.3) is 6.47 Å². The SMILES string of the molecule is CC(C)(C)OC=O.CCON1CCN(C)C(=C=O)C1. The number of carbonyl (C=O) groups excluding carboxylic acids is 2. The van der Waals surface area contributed by atoms with Gasteiger partial charge in [-0.25, -0.2) is 4.79 Å². The molecule has 1 fully saturated rings. The lowest BCUT2D eigenvalue weighted by Gasteiger charge is -2.32. The number of hydrogen-bond acceptors (Lipinski definition) is 6. The second kappa shape index (κ2) is 8.69. The number of nitrogens with zero attached hydrogens (tertiary/aromatic N) is 2. The van der Waals surface area contributed by atoms with Gasteiger partial charge in [0.15, 0.2) is 0 Å². The Balaban J connectivity index is 0.000000399. The van der Waals surface area contributed by atoms with Gasteiger partial charge in [-0.3, -0.25) is 9.63 Å². The molecule has 1 saturated heterocycles. The van der Waals surface area contributed by atoms with Gasteiger partial charge in [-0.1, -0.05) is 0 Å². The summed E-state index contributed by atoms with van der Waals surface area (Å²) < 4.78 is 4.55. The van der Waals surface area contributed by atoms with Crippen molar-refractivity contribution in [2.24, 2.45) is 0 Å². The van der Waals surface area contributed by atoms with Gasteiger partial charge in [0.1, 0.15) is 17.2 Å². The van der Waals surface area contributed by atoms with Crippen LogP contribution in [-0.4, -0.2) is 61.3 Å². The lowest BCUT2D eigenvalue weighted by atomic mass is 10.2. The summed E-state index contributed by atoms with van der Waals surface area (Å²) in [7, 11) is 1.89. The maximum atomic E-state index is 10.4. The molecule has 110 valence electrons. The van der Waals surface area contributed by atoms with Crippen LogP contribution in [0.1, 0.15) is 27.7 Å². The van der Waals surface area contributed by atoms with Gasteiger partial charge in [0, 0.05) is 20.1 Å². The molecule has 1 rings (SSSR count). The molecule has 0 unspecified atom stereocenters. The van der Waals surface area contributed by atoms with E-state index in [-0.39, 0.29) is 5.60 Å². The molecule has 0 aromatic carbocycles. The van der Waals surface area contributed by atoms with Gasteiger partial charge in [-0.2, -0.15) is 5.06 Å². The van der Waals surface area contributed by atoms with Crippen LogP contribution in [0.25, 0.3) is 0 Å². The van der Waals surface area contributed by atoms with Gasteiger partial charge < -0.3 is 9.64 Å². The predicted molar refractivity (Wildman–Crippen MR) is 71.9 cm³/mol. The molecule has 0 bridgehead atoms. The number of carbonyl (C=O) groups is 1. The summed E-state index contributed by atoms with van der Waals surface area (Å²) in [6.45, 7) is 10.7. The Bertz CT molecular complexity index is 319. The molecule has 0 amide bonds. The third-order valence-corrected chi connectivity index (χ3v) is 2.30. The molecule has 1 aliphatic heterocycles. The smallest absolute Gasteiger partial charge is 0.293 e. The molecule has 6 heteroatoms. The average Bonchev–Trinajstić information content (AvgIpc) is 2.31. The molecule has 0 aromatic rings. The quantitative estimate of drug-likeness (QED) is 0.561. The van der Waals surface area contributed by atoms with Crippen molar-refractivity contribution in [2.75, 3.05) is 33.3 Å². The molecule has 0 aliphatic carbocycles. The Hall–Kier alpha value is -1.36. The molecule has 0 saturated carbocycles. The van der Waals surface area contributed by atoms with Crippen molar-refractivity contribution in [2.45, 2.75) is 33.3 Å². The molecule has 0 atom stereocenters. The molecule has 0 aromatic heterocycles. The Labute approximate surface area is 114 Å². The van der Waals surface area contributed by atoms with Crippen molar-refractivity contribution >= 4 is 12.4 Å². The molecule has 0 N–H and O–H groups in total. The van der Waals surface area contributed by atoms with Crippen LogP contribution in [-0.2, 0) is 19.2 Å². The Morgan fingerprint density at radius 3 is 2.37 bits per heavy atom. The minimum atomic E-state index is -0.318. The number of hydrogen-bond donors (Lipinski definition) is 0. The first-order valence-corrected chi connectivity index (χ1v) is 6.28. The number of rotatable bonds is 3. The number of likely N-dealkylation sites (N-methyl/N-ethyl adjacent to an activating group) is 1. The topological polar surface area (TPSA) is 59.1 Å². The predicted octanol–water partition coefficient (Wildman–Crippen LogP) is 0.859. The number of hydroxylamine groups is 2. The van der Waals surface area contributed by atoms with Crippen LogP contribution >= 0.6 is 0 Å². The van der Waals surface area contributed by atoms with Crippen molar-refractivity contribution in [1.29, 1.82) is 0 Å². The summed E-state index contributed by atoms with van der Waals surface area (Å²) in [5.74, 6) is 1.91. The van der Waals surface area contributed by atoms with Crippen LogP contribution in [0.2, 0.25) is 0 Å². The lowest BCUT2D eigenvalue weighted by Crippen LogP contribution is -2.43. The summed E-state index contributed by atoms with van der Waals surface area (Å²) in [5, 5.41) is 1.79. The third-order valence-electron chi connectivity index (χ3n) is 2.30. The van der Waals surface area contributed by atoms with E-state index in [0.717, 1.165) is 13.1 Å². The summed E-state index contributed by atoms with van der Waals surface area (Å²) in [6.07, 6.45) is 0. The van der Waals surface area contributed by atoms with E-state index < -0.39 is 0 Å². The molecular formula is C13H24N2O4. The summed E-state index contributed by atoms with van der Waals surface area (Å²) in [4.78, 5) is 27.2. The van der Waals surface area contributed by atoms with Gasteiger partial charge in [-0.15, -0.1) is 0 Å². The summed E-state index contributed by atoms with van der Waals surface area (Å²) in [5.41, 5.74) is 0.344. The second-order valence-corrected chi connectivity index (χ2v) is 5.08. The van der Waals surface area contributed by atoms with E-state index in [9.17, 15) is 9.59 Å². The van der Waals surface area contributed by atoms with E-state index in [1.54, 1.807) is 5.06 Å². The fourth-order valence-electron chi connectivity index (χ4n) is 1.31. The molecule has 0 radical (unpaired) electrons. The highest BCUT2D eigenvalue weighted by Crippen LogP contribution is 2.07. The Morgan fingerprint density at radius 2 is 2.00 bits per heavy atom. The second-order valence-electron chi connectivity index (χ2n) is 5.08. The van der Waals surface area contributed by atoms with Crippen LogP contribution in [0, 0.1) is 0 Å². The van der Waals surface area contributed by atoms with Crippen LogP contribution in [0.15, 0.2) is 5.70 Å². The Morgan fingerprint density at radius 1 is 1.37 bits per heavy atom. The number of piperazine rings is 1. The maximum absolute atomic E-state index is 10.4. The van der Waals surface area contributed by atoms with Crippen molar-refractivity contribution in [3.63, 3.8) is 0 Å². The van der Waals surface area contributed by atoms with Crippen molar-refractivity contribution in [3.8, 4) is 0 Å². The zero-order chi connectivity index (χ0) is 14.9. The highest BCUT2D eigenvalue weighted by molar-refractivity contribution is 5.52. The maximum Gasteiger partial charge on any atom is 0.293 e. The molecular weight excluding hydrogens is 248 g/mol. The summed E-state index contributed by atoms with van der Waals surface area (Å²) >= 11 is 0. The summed E-state index contributed by atoms with van der Waals surface area (Å²) in [6, 6.07) is 0. The van der Waals surface area contributed by atoms with Crippen LogP contribution in [0.3, 0.4) is 0 Å². The highest BCUT2D eigenvalue weighted by Gasteiger charge is 2.18. The van der Waals surface area contributed by atoms with Gasteiger partial charge >= 0.3 is 0 Å². The molecule has 6 nitrogen and oxygen atoms in total. The zero-order valence-electron chi connectivity index (χ0n) is 12.4. The van der Waals surface area contributed by atoms with E-state index in [1.807, 2.05) is 45.6 Å². The van der Waals surface area contributed by atoms with Gasteiger partial charge in [0.2, 0.25) is 0 Å². The van der Waals surface area contributed by atoms with E-state index in [0.29, 0.717) is 25.3 Å². The minimum absolute atomic E-state index is 0.318. The van der Waals surface area contributed by atoms with Crippen molar-refractivity contribution in [3.05, 3.63) is 5.70 Å². The van der Waals surface area contributed by atoms with Crippen LogP contribution in [0.5, 0.6) is 0 Å². The first-order valence-electron chi connectivity index (χ1n) is 6.28. The standard InChI is InChI=1S/C8H14N2O2.C5H10O2/c1-3-12-10-5-4-9(2)8(6-10)7-11;1-5(2,3)7-4-6/h3-6H2,1-2H3;4H,1-3H3. The largest absolute Gasteiger partial charge is 0.462 e.